The second kappa shape index (κ2) is 19.2. The molecule has 3 amide bonds. The van der Waals surface area contributed by atoms with Crippen LogP contribution >= 0.6 is 15.9 Å². The quantitative estimate of drug-likeness (QED) is 0.0749. The predicted octanol–water partition coefficient (Wildman–Crippen LogP) is 6.58. The minimum atomic E-state index is -2.01. The number of para-hydroxylation sites is 2. The van der Waals surface area contributed by atoms with Crippen molar-refractivity contribution in [1.29, 1.82) is 5.26 Å². The van der Waals surface area contributed by atoms with Gasteiger partial charge in [0.1, 0.15) is 36.6 Å². The number of β-amino-alcohol motifs (C(OH)–C–C–N with tert-alkyl or cyclic N) is 1. The van der Waals surface area contributed by atoms with E-state index in [4.69, 9.17) is 14.7 Å². The van der Waals surface area contributed by atoms with Crippen molar-refractivity contribution >= 4 is 61.0 Å². The maximum atomic E-state index is 14.4. The van der Waals surface area contributed by atoms with Crippen LogP contribution in [-0.4, -0.2) is 127 Å². The summed E-state index contributed by atoms with van der Waals surface area (Å²) in [6.07, 6.45) is 6.70. The number of aliphatic hydroxyl groups excluding tert-OH is 1. The lowest BCUT2D eigenvalue weighted by molar-refractivity contribution is -0.322. The molecule has 0 spiro atoms. The van der Waals surface area contributed by atoms with Crippen LogP contribution in [0.4, 0.5) is 0 Å². The Hall–Kier alpha value is -5.54. The number of likely N-dealkylation sites (N-methyl/N-ethyl adjacent to an activating group) is 1. The highest BCUT2D eigenvalue weighted by Gasteiger charge is 2.72. The van der Waals surface area contributed by atoms with Gasteiger partial charge in [0.25, 0.3) is 11.8 Å². The van der Waals surface area contributed by atoms with Crippen molar-refractivity contribution in [1.82, 2.24) is 35.3 Å². The molecule has 2 aromatic heterocycles. The predicted molar refractivity (Wildman–Crippen MR) is 271 cm³/mol. The van der Waals surface area contributed by atoms with E-state index in [0.717, 1.165) is 46.0 Å². The van der Waals surface area contributed by atoms with Gasteiger partial charge >= 0.3 is 0 Å². The van der Waals surface area contributed by atoms with Gasteiger partial charge in [0.2, 0.25) is 17.5 Å². The third kappa shape index (κ3) is 8.94. The fourth-order valence-electron chi connectivity index (χ4n) is 11.3. The third-order valence-corrected chi connectivity index (χ3v) is 15.5. The van der Waals surface area contributed by atoms with Crippen molar-refractivity contribution in [3.8, 4) is 11.8 Å². The van der Waals surface area contributed by atoms with Gasteiger partial charge in [0.15, 0.2) is 0 Å². The first-order valence-corrected chi connectivity index (χ1v) is 25.3. The summed E-state index contributed by atoms with van der Waals surface area (Å²) in [6.45, 7) is 13.3. The number of carbonyl (C=O) groups is 3. The number of nitriles is 1. The molecule has 3 fully saturated rings. The number of halogens is 1. The number of hydrogen-bond acceptors (Lipinski definition) is 10. The molecule has 4 aliphatic heterocycles. The molecule has 1 aliphatic carbocycles. The Labute approximate surface area is 417 Å². The number of rotatable bonds is 13. The van der Waals surface area contributed by atoms with Gasteiger partial charge in [-0.25, -0.2) is 0 Å². The highest BCUT2D eigenvalue weighted by atomic mass is 79.9. The topological polar surface area (TPSA) is 199 Å². The number of fused-ring (bicyclic) bond motifs is 6. The van der Waals surface area contributed by atoms with Crippen molar-refractivity contribution in [2.24, 2.45) is 17.8 Å². The van der Waals surface area contributed by atoms with E-state index in [1.54, 1.807) is 36.9 Å². The summed E-state index contributed by atoms with van der Waals surface area (Å²) in [5.74, 6) is -3.52. The van der Waals surface area contributed by atoms with Crippen molar-refractivity contribution in [2.45, 2.75) is 115 Å². The molecule has 0 saturated carbocycles. The lowest BCUT2D eigenvalue weighted by atomic mass is 9.79. The molecule has 1 unspecified atom stereocenters. The van der Waals surface area contributed by atoms with Crippen LogP contribution in [0.1, 0.15) is 83.1 Å². The van der Waals surface area contributed by atoms with E-state index in [0.29, 0.717) is 43.8 Å². The third-order valence-electron chi connectivity index (χ3n) is 14.8. The number of aromatic amines is 2. The number of H-pyrrole nitrogens is 2. The molecule has 6 heterocycles. The van der Waals surface area contributed by atoms with E-state index < -0.39 is 47.6 Å². The van der Waals surface area contributed by atoms with Crippen LogP contribution in [0.15, 0.2) is 83.6 Å². The normalized spacial score (nSPS) is 25.6. The summed E-state index contributed by atoms with van der Waals surface area (Å²) >= 11 is 3.70. The first kappa shape index (κ1) is 49.4. The van der Waals surface area contributed by atoms with E-state index >= 15 is 0 Å². The molecular weight excluding hydrogens is 953 g/mol. The Kier molecular flexibility index (Phi) is 13.6. The molecule has 10 rings (SSSR count). The molecule has 15 nitrogen and oxygen atoms in total. The van der Waals surface area contributed by atoms with Crippen molar-refractivity contribution < 1.29 is 34.1 Å². The van der Waals surface area contributed by atoms with Gasteiger partial charge in [-0.05, 0) is 121 Å². The van der Waals surface area contributed by atoms with Gasteiger partial charge in [-0.15, -0.1) is 0 Å². The fraction of sp³-hybridized carbons (Fsp3) is 0.481. The molecule has 0 bridgehead atoms. The molecule has 3 saturated heterocycles. The number of carbonyl (C=O) groups excluding carboxylic acids is 3. The smallest absolute Gasteiger partial charge is 0.281 e. The molecule has 370 valence electrons. The maximum absolute atomic E-state index is 14.4. The van der Waals surface area contributed by atoms with Gasteiger partial charge < -0.3 is 40.5 Å². The van der Waals surface area contributed by atoms with E-state index in [9.17, 15) is 24.6 Å². The maximum Gasteiger partial charge on any atom is 0.281 e. The molecule has 5 aromatic rings. The summed E-state index contributed by atoms with van der Waals surface area (Å²) in [5, 5.41) is 40.3. The van der Waals surface area contributed by atoms with Crippen molar-refractivity contribution in [2.75, 3.05) is 33.3 Å². The standard InChI is InChI=1S/C32H40BrN5O5.C22H25N3O2/c1-16(2)12-24-29(40)37-11-7-10-25(37)32(42)38(24)30(41)31(43-32,17(3)4)35-28(39)18-13-20-19-8-6-9-22-26(19)21(27(33)34-22)14-23(20)36(5)15-18;1-22(2,11-17-13-24-20-9-5-4-8-19(17)20)25-14-18(26)15-27-21-10-6-3-7-16(21)12-23/h6,8-9,13,16-18,23-25,34,42H,7,10-12,14-15H2,1-5H3,(H,35,39);3-10,13,18,24-26H,11,14-15H2,1-2H3/t18-,23-,24+,25+,31-,32+;/m1./s1. The Bertz CT molecular complexity index is 2880. The van der Waals surface area contributed by atoms with Crippen LogP contribution in [0.25, 0.3) is 27.4 Å². The van der Waals surface area contributed by atoms with Crippen LogP contribution < -0.4 is 15.4 Å². The zero-order valence-corrected chi connectivity index (χ0v) is 42.6. The summed E-state index contributed by atoms with van der Waals surface area (Å²) in [7, 11) is 2.03. The monoisotopic (exact) mass is 1020 g/mol. The van der Waals surface area contributed by atoms with E-state index in [1.807, 2.05) is 57.4 Å². The Morgan fingerprint density at radius 1 is 1.07 bits per heavy atom. The minimum absolute atomic E-state index is 0.104. The Morgan fingerprint density at radius 2 is 1.81 bits per heavy atom. The molecular formula is C54H65BrN8O7. The Balaban J connectivity index is 0.000000194. The number of nitrogens with zero attached hydrogens (tertiary/aromatic N) is 4. The van der Waals surface area contributed by atoms with Crippen molar-refractivity contribution in [3.63, 3.8) is 0 Å². The van der Waals surface area contributed by atoms with Gasteiger partial charge in [-0.1, -0.05) is 76.2 Å². The van der Waals surface area contributed by atoms with Gasteiger partial charge in [-0.3, -0.25) is 28.9 Å². The molecule has 3 aromatic carbocycles. The SMILES string of the molecule is CC(C)(Cc1c[nH]c2ccccc12)NCC(O)COc1ccccc1C#N.CC(C)C[C@H]1C(=O)N2CCC[C@H]2[C@]2(O)O[C@](NC(=O)[C@@H]3C=C4c5cccc6[nH]c(Br)c(c56)C[C@H]4N(C)C3)(C(C)C)C(=O)N12. The van der Waals surface area contributed by atoms with Gasteiger partial charge in [0, 0.05) is 65.1 Å². The minimum Gasteiger partial charge on any atom is -0.489 e. The molecule has 6 N–H and O–H groups in total. The molecule has 5 aliphatic rings. The van der Waals surface area contributed by atoms with E-state index in [2.05, 4.69) is 85.6 Å². The van der Waals surface area contributed by atoms with Crippen molar-refractivity contribution in [3.05, 3.63) is 106 Å². The van der Waals surface area contributed by atoms with Gasteiger partial charge in [-0.2, -0.15) is 5.26 Å². The molecule has 7 atom stereocenters. The lowest BCUT2D eigenvalue weighted by Gasteiger charge is -2.49. The summed E-state index contributed by atoms with van der Waals surface area (Å²) in [6, 6.07) is 22.1. The van der Waals surface area contributed by atoms with Crippen LogP contribution in [0.5, 0.6) is 5.75 Å². The summed E-state index contributed by atoms with van der Waals surface area (Å²) in [4.78, 5) is 54.1. The number of aromatic nitrogens is 2. The van der Waals surface area contributed by atoms with E-state index in [1.165, 1.54) is 26.8 Å². The molecule has 16 heteroatoms. The summed E-state index contributed by atoms with van der Waals surface area (Å²) < 4.78 is 13.0. The van der Waals surface area contributed by atoms with Crippen LogP contribution in [-0.2, 0) is 32.0 Å². The summed E-state index contributed by atoms with van der Waals surface area (Å²) in [5.41, 5.74) is 5.34. The highest BCUT2D eigenvalue weighted by Crippen LogP contribution is 2.49. The van der Waals surface area contributed by atoms with Crippen LogP contribution in [0.2, 0.25) is 0 Å². The second-order valence-electron chi connectivity index (χ2n) is 21.1. The van der Waals surface area contributed by atoms with Crippen LogP contribution in [0, 0.1) is 29.1 Å². The Morgan fingerprint density at radius 3 is 2.57 bits per heavy atom. The average Bonchev–Trinajstić information content (AvgIpc) is 4.11. The molecule has 70 heavy (non-hydrogen) atoms. The number of amides is 3. The fourth-order valence-corrected chi connectivity index (χ4v) is 11.9. The van der Waals surface area contributed by atoms with E-state index in [-0.39, 0.29) is 35.9 Å². The zero-order valence-electron chi connectivity index (χ0n) is 41.0. The largest absolute Gasteiger partial charge is 0.489 e. The number of aliphatic hydroxyl groups is 2. The van der Waals surface area contributed by atoms with Crippen LogP contribution in [0.3, 0.4) is 0 Å². The number of benzene rings is 3. The number of nitrogens with one attached hydrogen (secondary N) is 4. The first-order valence-electron chi connectivity index (χ1n) is 24.6. The second-order valence-corrected chi connectivity index (χ2v) is 21.9. The zero-order chi connectivity index (χ0) is 49.9. The molecule has 0 radical (unpaired) electrons. The first-order chi connectivity index (χ1) is 33.4. The average molecular weight is 1020 g/mol. The number of piperazine rings is 1. The lowest BCUT2D eigenvalue weighted by Crippen LogP contribution is -2.71. The number of ether oxygens (including phenoxy) is 2. The number of hydrogen-bond donors (Lipinski definition) is 6. The highest BCUT2D eigenvalue weighted by molar-refractivity contribution is 9.10. The van der Waals surface area contributed by atoms with Gasteiger partial charge in [0.05, 0.1) is 16.1 Å².